The van der Waals surface area contributed by atoms with Crippen molar-refractivity contribution in [1.82, 2.24) is 4.98 Å². The summed E-state index contributed by atoms with van der Waals surface area (Å²) >= 11 is 1.44. The van der Waals surface area contributed by atoms with Gasteiger partial charge in [-0.1, -0.05) is 13.8 Å². The molecule has 2 aromatic rings. The maximum Gasteiger partial charge on any atom is 0.159 e. The molecule has 0 unspecified atom stereocenters. The average molecular weight is 282 g/mol. The van der Waals surface area contributed by atoms with Crippen molar-refractivity contribution in [1.29, 1.82) is 0 Å². The molecule has 19 heavy (non-hydrogen) atoms. The zero-order valence-corrected chi connectivity index (χ0v) is 11.7. The van der Waals surface area contributed by atoms with Crippen LogP contribution in [0.15, 0.2) is 18.2 Å². The number of rotatable bonds is 4. The number of nitrogens with two attached hydrogens (primary N) is 1. The van der Waals surface area contributed by atoms with E-state index in [-0.39, 0.29) is 0 Å². The van der Waals surface area contributed by atoms with Crippen molar-refractivity contribution in [2.24, 2.45) is 11.7 Å². The van der Waals surface area contributed by atoms with Crippen LogP contribution in [0.3, 0.4) is 0 Å². The van der Waals surface area contributed by atoms with E-state index in [1.54, 1.807) is 0 Å². The van der Waals surface area contributed by atoms with Crippen LogP contribution in [0.5, 0.6) is 0 Å². The van der Waals surface area contributed by atoms with Gasteiger partial charge in [0.25, 0.3) is 0 Å². The highest BCUT2D eigenvalue weighted by atomic mass is 32.1. The average Bonchev–Trinajstić information content (AvgIpc) is 2.75. The highest BCUT2D eigenvalue weighted by Crippen LogP contribution is 2.30. The minimum Gasteiger partial charge on any atom is -0.326 e. The quantitative estimate of drug-likeness (QED) is 0.927. The number of hydrogen-bond acceptors (Lipinski definition) is 3. The number of benzene rings is 1. The Labute approximate surface area is 115 Å². The van der Waals surface area contributed by atoms with Gasteiger partial charge in [-0.3, -0.25) is 0 Å². The maximum absolute atomic E-state index is 13.2. The Bertz CT molecular complexity index is 579. The zero-order valence-electron chi connectivity index (χ0n) is 10.9. The fraction of sp³-hybridized carbons (Fsp3) is 0.357. The third-order valence-electron chi connectivity index (χ3n) is 2.73. The van der Waals surface area contributed by atoms with E-state index in [0.717, 1.165) is 23.1 Å². The lowest BCUT2D eigenvalue weighted by atomic mass is 10.1. The summed E-state index contributed by atoms with van der Waals surface area (Å²) in [6.07, 6.45) is 0.840. The molecule has 1 aromatic heterocycles. The van der Waals surface area contributed by atoms with Crippen molar-refractivity contribution in [2.75, 3.05) is 0 Å². The molecule has 0 amide bonds. The minimum absolute atomic E-state index is 0.420. The molecule has 5 heteroatoms. The molecular weight excluding hydrogens is 266 g/mol. The lowest BCUT2D eigenvalue weighted by molar-refractivity contribution is 0.509. The van der Waals surface area contributed by atoms with E-state index in [4.69, 9.17) is 5.73 Å². The van der Waals surface area contributed by atoms with Crippen LogP contribution in [0.1, 0.15) is 24.4 Å². The van der Waals surface area contributed by atoms with Gasteiger partial charge in [0.05, 0.1) is 5.69 Å². The van der Waals surface area contributed by atoms with E-state index in [9.17, 15) is 8.78 Å². The van der Waals surface area contributed by atoms with Crippen LogP contribution in [-0.2, 0) is 13.0 Å². The topological polar surface area (TPSA) is 38.9 Å². The smallest absolute Gasteiger partial charge is 0.159 e. The molecule has 0 spiro atoms. The molecule has 0 radical (unpaired) electrons. The Balaban J connectivity index is 2.39. The zero-order chi connectivity index (χ0) is 14.0. The molecule has 0 fully saturated rings. The number of aromatic nitrogens is 1. The minimum atomic E-state index is -0.854. The van der Waals surface area contributed by atoms with E-state index in [0.29, 0.717) is 23.0 Å². The van der Waals surface area contributed by atoms with Gasteiger partial charge in [-0.15, -0.1) is 11.3 Å². The van der Waals surface area contributed by atoms with Crippen molar-refractivity contribution in [3.05, 3.63) is 40.4 Å². The molecule has 1 heterocycles. The molecule has 0 aliphatic carbocycles. The molecule has 2 rings (SSSR count). The summed E-state index contributed by atoms with van der Waals surface area (Å²) in [6, 6.07) is 3.83. The first-order valence-corrected chi connectivity index (χ1v) is 6.97. The van der Waals surface area contributed by atoms with E-state index in [1.165, 1.54) is 23.5 Å². The SMILES string of the molecule is CC(C)Cc1nc(-c2ccc(F)c(F)c2)sc1CN. The lowest BCUT2D eigenvalue weighted by Crippen LogP contribution is -2.01. The monoisotopic (exact) mass is 282 g/mol. The second-order valence-electron chi connectivity index (χ2n) is 4.82. The molecule has 0 saturated carbocycles. The lowest BCUT2D eigenvalue weighted by Gasteiger charge is -2.02. The molecule has 2 nitrogen and oxygen atoms in total. The predicted octanol–water partition coefficient (Wildman–Crippen LogP) is 3.75. The van der Waals surface area contributed by atoms with Gasteiger partial charge in [0.1, 0.15) is 5.01 Å². The third kappa shape index (κ3) is 3.16. The summed E-state index contributed by atoms with van der Waals surface area (Å²) < 4.78 is 26.2. The van der Waals surface area contributed by atoms with Gasteiger partial charge in [0.2, 0.25) is 0 Å². The van der Waals surface area contributed by atoms with Gasteiger partial charge in [-0.25, -0.2) is 13.8 Å². The highest BCUT2D eigenvalue weighted by Gasteiger charge is 2.14. The molecule has 102 valence electrons. The van der Waals surface area contributed by atoms with E-state index < -0.39 is 11.6 Å². The van der Waals surface area contributed by atoms with Crippen LogP contribution in [0.25, 0.3) is 10.6 Å². The van der Waals surface area contributed by atoms with Crippen LogP contribution in [0, 0.1) is 17.6 Å². The maximum atomic E-state index is 13.2. The van der Waals surface area contributed by atoms with Crippen molar-refractivity contribution >= 4 is 11.3 Å². The number of nitrogens with zero attached hydrogens (tertiary/aromatic N) is 1. The van der Waals surface area contributed by atoms with Crippen molar-refractivity contribution in [3.63, 3.8) is 0 Å². The summed E-state index contributed by atoms with van der Waals surface area (Å²) in [5.74, 6) is -1.22. The number of halogens is 2. The molecule has 0 aliphatic heterocycles. The standard InChI is InChI=1S/C14H16F2N2S/c1-8(2)5-12-13(7-17)19-14(18-12)9-3-4-10(15)11(16)6-9/h3-4,6,8H,5,7,17H2,1-2H3. The summed E-state index contributed by atoms with van der Waals surface area (Å²) in [4.78, 5) is 5.52. The molecule has 0 aliphatic rings. The number of thiazole rings is 1. The molecule has 0 bridgehead atoms. The first-order chi connectivity index (χ1) is 9.01. The van der Waals surface area contributed by atoms with Gasteiger partial charge in [0, 0.05) is 17.0 Å². The Morgan fingerprint density at radius 2 is 2.00 bits per heavy atom. The van der Waals surface area contributed by atoms with Gasteiger partial charge in [0.15, 0.2) is 11.6 Å². The van der Waals surface area contributed by atoms with Crippen molar-refractivity contribution in [3.8, 4) is 10.6 Å². The summed E-state index contributed by atoms with van der Waals surface area (Å²) in [5, 5.41) is 0.690. The van der Waals surface area contributed by atoms with Gasteiger partial charge < -0.3 is 5.73 Å². The Morgan fingerprint density at radius 1 is 1.26 bits per heavy atom. The normalized spacial score (nSPS) is 11.3. The predicted molar refractivity (Wildman–Crippen MR) is 73.9 cm³/mol. The summed E-state index contributed by atoms with van der Waals surface area (Å²) in [7, 11) is 0. The van der Waals surface area contributed by atoms with Crippen LogP contribution in [0.2, 0.25) is 0 Å². The second kappa shape index (κ2) is 5.75. The van der Waals surface area contributed by atoms with Crippen molar-refractivity contribution < 1.29 is 8.78 Å². The largest absolute Gasteiger partial charge is 0.326 e. The van der Waals surface area contributed by atoms with Crippen molar-refractivity contribution in [2.45, 2.75) is 26.8 Å². The van der Waals surface area contributed by atoms with Crippen LogP contribution < -0.4 is 5.73 Å². The fourth-order valence-electron chi connectivity index (χ4n) is 1.84. The van der Waals surface area contributed by atoms with Gasteiger partial charge in [-0.2, -0.15) is 0 Å². The number of hydrogen-bond donors (Lipinski definition) is 1. The Morgan fingerprint density at radius 3 is 2.58 bits per heavy atom. The Kier molecular flexibility index (Phi) is 4.27. The van der Waals surface area contributed by atoms with Crippen LogP contribution >= 0.6 is 11.3 Å². The first kappa shape index (κ1) is 14.1. The fourth-order valence-corrected chi connectivity index (χ4v) is 2.81. The molecule has 1 aromatic carbocycles. The summed E-state index contributed by atoms with van der Waals surface area (Å²) in [5.41, 5.74) is 7.26. The molecule has 0 atom stereocenters. The van der Waals surface area contributed by atoms with E-state index >= 15 is 0 Å². The van der Waals surface area contributed by atoms with Crippen LogP contribution in [-0.4, -0.2) is 4.98 Å². The first-order valence-electron chi connectivity index (χ1n) is 6.15. The highest BCUT2D eigenvalue weighted by molar-refractivity contribution is 7.15. The third-order valence-corrected chi connectivity index (χ3v) is 3.90. The molecular formula is C14H16F2N2S. The second-order valence-corrected chi connectivity index (χ2v) is 5.90. The summed E-state index contributed by atoms with van der Waals surface area (Å²) in [6.45, 7) is 4.64. The molecule has 2 N–H and O–H groups in total. The molecule has 0 saturated heterocycles. The van der Waals surface area contributed by atoms with E-state index in [2.05, 4.69) is 18.8 Å². The van der Waals surface area contributed by atoms with Gasteiger partial charge in [-0.05, 0) is 30.5 Å². The van der Waals surface area contributed by atoms with Crippen LogP contribution in [0.4, 0.5) is 8.78 Å². The van der Waals surface area contributed by atoms with Gasteiger partial charge >= 0.3 is 0 Å². The van der Waals surface area contributed by atoms with E-state index in [1.807, 2.05) is 0 Å². The Hall–Kier alpha value is -1.33.